The maximum atomic E-state index is 13.6. The molecule has 5 rings (SSSR count). The standard InChI is InChI=1S/C40H58I3NO2/c1-8-25(23(3)4)11-10-24(5)31-14-15-32-29-13-12-27-21-28(16-18-39(27,6)33(29)17-19-40(31,32)7)46-38(45)26(9-2)20-30-34(41)22-35(42)37(44)36(30)43/h10-12,22-26,28-29,31-33H,8-9,13-21,44H2,1-7H3/b11-10+/t24-,25-,26?,28+,29+,31-,32+,33+,39+,40-/m1/s1. The number of allylic oxidation sites excluding steroid dienone is 3. The number of carbonyl (C=O) groups excluding carboxylic acids is 1. The van der Waals surface area contributed by atoms with Crippen molar-refractivity contribution in [3.8, 4) is 0 Å². The van der Waals surface area contributed by atoms with E-state index >= 15 is 0 Å². The molecule has 0 aromatic heterocycles. The molecular formula is C40H58I3NO2. The van der Waals surface area contributed by atoms with Crippen LogP contribution in [0.15, 0.2) is 29.9 Å². The Bertz CT molecular complexity index is 1340. The fourth-order valence-corrected chi connectivity index (χ4v) is 14.5. The van der Waals surface area contributed by atoms with E-state index in [0.717, 1.165) is 68.1 Å². The minimum Gasteiger partial charge on any atom is -0.462 e. The Morgan fingerprint density at radius 3 is 2.41 bits per heavy atom. The Morgan fingerprint density at radius 2 is 1.74 bits per heavy atom. The average molecular weight is 966 g/mol. The van der Waals surface area contributed by atoms with E-state index < -0.39 is 0 Å². The van der Waals surface area contributed by atoms with Gasteiger partial charge in [0.25, 0.3) is 0 Å². The molecular weight excluding hydrogens is 907 g/mol. The number of hydrogen-bond donors (Lipinski definition) is 1. The smallest absolute Gasteiger partial charge is 0.309 e. The van der Waals surface area contributed by atoms with Crippen LogP contribution in [0, 0.1) is 68.9 Å². The fraction of sp³-hybridized carbons (Fsp3) is 0.725. The first-order valence-electron chi connectivity index (χ1n) is 18.2. The van der Waals surface area contributed by atoms with E-state index in [0.29, 0.717) is 23.7 Å². The zero-order valence-electron chi connectivity index (χ0n) is 29.3. The molecule has 6 heteroatoms. The molecule has 3 nitrogen and oxygen atoms in total. The summed E-state index contributed by atoms with van der Waals surface area (Å²) >= 11 is 7.03. The topological polar surface area (TPSA) is 52.3 Å². The molecule has 0 radical (unpaired) electrons. The van der Waals surface area contributed by atoms with Gasteiger partial charge in [-0.3, -0.25) is 4.79 Å². The Labute approximate surface area is 321 Å². The average Bonchev–Trinajstić information content (AvgIpc) is 3.37. The molecule has 0 saturated heterocycles. The maximum absolute atomic E-state index is 13.6. The molecule has 0 spiro atoms. The van der Waals surface area contributed by atoms with Gasteiger partial charge in [-0.05, 0) is 196 Å². The van der Waals surface area contributed by atoms with Crippen molar-refractivity contribution in [2.45, 2.75) is 125 Å². The third kappa shape index (κ3) is 7.16. The Morgan fingerprint density at radius 1 is 1.00 bits per heavy atom. The predicted molar refractivity (Wildman–Crippen MR) is 218 cm³/mol. The lowest BCUT2D eigenvalue weighted by Gasteiger charge is -2.58. The van der Waals surface area contributed by atoms with E-state index in [4.69, 9.17) is 10.5 Å². The molecule has 10 atom stereocenters. The number of benzene rings is 1. The molecule has 0 bridgehead atoms. The number of nitrogen functional groups attached to an aromatic ring is 1. The van der Waals surface area contributed by atoms with Crippen molar-refractivity contribution in [1.29, 1.82) is 0 Å². The number of rotatable bonds is 10. The molecule has 1 aromatic carbocycles. The van der Waals surface area contributed by atoms with Crippen LogP contribution in [0.25, 0.3) is 0 Å². The van der Waals surface area contributed by atoms with Crippen molar-refractivity contribution in [3.63, 3.8) is 0 Å². The van der Waals surface area contributed by atoms with E-state index in [1.165, 1.54) is 47.7 Å². The minimum atomic E-state index is -0.138. The molecule has 1 aromatic rings. The van der Waals surface area contributed by atoms with Gasteiger partial charge in [0, 0.05) is 17.1 Å². The van der Waals surface area contributed by atoms with Crippen LogP contribution < -0.4 is 5.73 Å². The highest BCUT2D eigenvalue weighted by atomic mass is 127. The van der Waals surface area contributed by atoms with Gasteiger partial charge in [0.05, 0.1) is 11.6 Å². The van der Waals surface area contributed by atoms with Gasteiger partial charge in [-0.15, -0.1) is 0 Å². The summed E-state index contributed by atoms with van der Waals surface area (Å²) in [5.74, 6) is 5.15. The first-order chi connectivity index (χ1) is 21.7. The molecule has 0 aliphatic heterocycles. The second-order valence-electron chi connectivity index (χ2n) is 16.2. The first-order valence-corrected chi connectivity index (χ1v) is 21.5. The highest BCUT2D eigenvalue weighted by Gasteiger charge is 2.59. The van der Waals surface area contributed by atoms with Gasteiger partial charge in [-0.25, -0.2) is 0 Å². The van der Waals surface area contributed by atoms with E-state index in [-0.39, 0.29) is 23.4 Å². The first kappa shape index (κ1) is 37.4. The van der Waals surface area contributed by atoms with Gasteiger partial charge >= 0.3 is 5.97 Å². The van der Waals surface area contributed by atoms with Crippen LogP contribution in [0.1, 0.15) is 118 Å². The number of ether oxygens (including phenoxy) is 1. The third-order valence-corrected chi connectivity index (χ3v) is 16.7. The molecule has 256 valence electrons. The van der Waals surface area contributed by atoms with Gasteiger partial charge in [-0.1, -0.05) is 72.3 Å². The normalized spacial score (nSPS) is 34.4. The molecule has 46 heavy (non-hydrogen) atoms. The maximum Gasteiger partial charge on any atom is 0.309 e. The molecule has 2 N–H and O–H groups in total. The van der Waals surface area contributed by atoms with Crippen LogP contribution in [-0.2, 0) is 16.0 Å². The number of hydrogen-bond acceptors (Lipinski definition) is 3. The number of esters is 1. The van der Waals surface area contributed by atoms with E-state index in [1.54, 1.807) is 5.57 Å². The molecule has 4 aliphatic carbocycles. The lowest BCUT2D eigenvalue weighted by Crippen LogP contribution is -2.51. The van der Waals surface area contributed by atoms with Crippen LogP contribution in [0.2, 0.25) is 0 Å². The van der Waals surface area contributed by atoms with Crippen LogP contribution >= 0.6 is 67.8 Å². The fourth-order valence-electron chi connectivity index (χ4n) is 10.7. The number of halogens is 3. The molecule has 3 saturated carbocycles. The summed E-state index contributed by atoms with van der Waals surface area (Å²) in [6.07, 6.45) is 20.3. The molecule has 3 fully saturated rings. The van der Waals surface area contributed by atoms with Crippen molar-refractivity contribution in [3.05, 3.63) is 46.1 Å². The Balaban J connectivity index is 1.24. The number of fused-ring (bicyclic) bond motifs is 5. The third-order valence-electron chi connectivity index (χ3n) is 13.6. The molecule has 4 aliphatic rings. The second kappa shape index (κ2) is 15.2. The van der Waals surface area contributed by atoms with Crippen molar-refractivity contribution < 1.29 is 9.53 Å². The summed E-state index contributed by atoms with van der Waals surface area (Å²) in [6, 6.07) is 2.13. The van der Waals surface area contributed by atoms with Gasteiger partial charge in [0.1, 0.15) is 6.10 Å². The van der Waals surface area contributed by atoms with Crippen molar-refractivity contribution in [1.82, 2.24) is 0 Å². The monoisotopic (exact) mass is 965 g/mol. The summed E-state index contributed by atoms with van der Waals surface area (Å²) in [6.45, 7) is 16.9. The summed E-state index contributed by atoms with van der Waals surface area (Å²) in [5.41, 5.74) is 10.7. The largest absolute Gasteiger partial charge is 0.462 e. The van der Waals surface area contributed by atoms with Crippen LogP contribution in [0.5, 0.6) is 0 Å². The minimum absolute atomic E-state index is 0.00694. The lowest BCUT2D eigenvalue weighted by atomic mass is 9.47. The van der Waals surface area contributed by atoms with Gasteiger partial charge in [0.15, 0.2) is 0 Å². The number of anilines is 1. The predicted octanol–water partition coefficient (Wildman–Crippen LogP) is 12.0. The summed E-state index contributed by atoms with van der Waals surface area (Å²) in [7, 11) is 0. The highest BCUT2D eigenvalue weighted by molar-refractivity contribution is 14.1. The second-order valence-corrected chi connectivity index (χ2v) is 19.6. The van der Waals surface area contributed by atoms with Crippen molar-refractivity contribution in [2.75, 3.05) is 5.73 Å². The zero-order chi connectivity index (χ0) is 33.6. The molecule has 1 unspecified atom stereocenters. The Hall–Kier alpha value is 0.160. The SMILES string of the molecule is CCC(Cc1c(I)cc(I)c(N)c1I)C(=O)O[C@H]1CC[C@@]2(C)C(=CC[C@H]3[C@@H]4CC[C@H]([C@H](C)/C=C/[C@@H](CC)C(C)C)[C@@]4(C)CC[C@@H]32)C1. The zero-order valence-corrected chi connectivity index (χ0v) is 35.8. The van der Waals surface area contributed by atoms with Crippen LogP contribution in [0.4, 0.5) is 5.69 Å². The Kier molecular flexibility index (Phi) is 12.3. The van der Waals surface area contributed by atoms with Crippen LogP contribution in [0.3, 0.4) is 0 Å². The summed E-state index contributed by atoms with van der Waals surface area (Å²) < 4.78 is 9.68. The van der Waals surface area contributed by atoms with Crippen LogP contribution in [-0.4, -0.2) is 12.1 Å². The highest BCUT2D eigenvalue weighted by Crippen LogP contribution is 2.67. The van der Waals surface area contributed by atoms with E-state index in [2.05, 4.69) is 141 Å². The quantitative estimate of drug-likeness (QED) is 0.110. The lowest BCUT2D eigenvalue weighted by molar-refractivity contribution is -0.156. The number of carbonyl (C=O) groups is 1. The van der Waals surface area contributed by atoms with E-state index in [1.807, 2.05) is 0 Å². The van der Waals surface area contributed by atoms with Gasteiger partial charge in [0.2, 0.25) is 0 Å². The van der Waals surface area contributed by atoms with E-state index in [9.17, 15) is 4.79 Å². The van der Waals surface area contributed by atoms with Crippen molar-refractivity contribution >= 4 is 79.4 Å². The van der Waals surface area contributed by atoms with Gasteiger partial charge in [-0.2, -0.15) is 0 Å². The summed E-state index contributed by atoms with van der Waals surface area (Å²) in [4.78, 5) is 13.6. The van der Waals surface area contributed by atoms with Crippen molar-refractivity contribution in [2.24, 2.45) is 58.2 Å². The molecule has 0 heterocycles. The number of nitrogens with two attached hydrogens (primary N) is 1. The summed E-state index contributed by atoms with van der Waals surface area (Å²) in [5, 5.41) is 0. The van der Waals surface area contributed by atoms with Gasteiger partial charge < -0.3 is 10.5 Å². The molecule has 0 amide bonds.